The predicted molar refractivity (Wildman–Crippen MR) is 244 cm³/mol. The fraction of sp³-hybridized carbons (Fsp3) is 0.192. The third-order valence-electron chi connectivity index (χ3n) is 11.5. The number of imidazole rings is 2. The van der Waals surface area contributed by atoms with Crippen molar-refractivity contribution in [1.82, 2.24) is 39.0 Å². The zero-order chi connectivity index (χ0) is 40.1. The molecule has 0 fully saturated rings. The molecule has 0 aliphatic carbocycles. The van der Waals surface area contributed by atoms with Crippen molar-refractivity contribution in [1.29, 1.82) is 0 Å². The van der Waals surface area contributed by atoms with E-state index in [1.807, 2.05) is 60.7 Å². The molecule has 0 saturated carbocycles. The van der Waals surface area contributed by atoms with E-state index < -0.39 is 0 Å². The molecule has 294 valence electrons. The molecule has 0 atom stereocenters. The Balaban J connectivity index is 0.790. The normalized spacial score (nSPS) is 11.7. The Bertz CT molecular complexity index is 2850. The highest BCUT2D eigenvalue weighted by Crippen LogP contribution is 2.35. The summed E-state index contributed by atoms with van der Waals surface area (Å²) in [5, 5.41) is 0. The van der Waals surface area contributed by atoms with Crippen LogP contribution in [0.15, 0.2) is 158 Å². The van der Waals surface area contributed by atoms with Crippen molar-refractivity contribution >= 4 is 44.1 Å². The summed E-state index contributed by atoms with van der Waals surface area (Å²) in [7, 11) is 0. The molecule has 8 heteroatoms. The first-order valence-corrected chi connectivity index (χ1v) is 21.3. The molecule has 0 spiro atoms. The van der Waals surface area contributed by atoms with Crippen molar-refractivity contribution in [2.24, 2.45) is 0 Å². The minimum atomic E-state index is 0.828. The fourth-order valence-electron chi connectivity index (χ4n) is 8.47. The summed E-state index contributed by atoms with van der Waals surface area (Å²) < 4.78 is 4.72. The van der Waals surface area contributed by atoms with E-state index in [2.05, 4.69) is 106 Å². The number of hydrogen-bond acceptors (Lipinski definition) is 6. The average Bonchev–Trinajstić information content (AvgIpc) is 3.87. The van der Waals surface area contributed by atoms with Gasteiger partial charge in [-0.15, -0.1) is 0 Å². The van der Waals surface area contributed by atoms with Gasteiger partial charge in [-0.2, -0.15) is 0 Å². The lowest BCUT2D eigenvalue weighted by Gasteiger charge is -2.13. The Labute approximate surface area is 349 Å². The zero-order valence-corrected chi connectivity index (χ0v) is 33.7. The lowest BCUT2D eigenvalue weighted by molar-refractivity contribution is 0.532. The summed E-state index contributed by atoms with van der Waals surface area (Å²) in [6, 6.07) is 53.8. The molecule has 4 aromatic heterocycles. The Hall–Kier alpha value is -7.06. The Morgan fingerprint density at radius 1 is 0.267 bits per heavy atom. The van der Waals surface area contributed by atoms with Gasteiger partial charge in [0.25, 0.3) is 0 Å². The lowest BCUT2D eigenvalue weighted by Crippen LogP contribution is -2.05. The first-order valence-electron chi connectivity index (χ1n) is 21.3. The Kier molecular flexibility index (Phi) is 10.6. The summed E-state index contributed by atoms with van der Waals surface area (Å²) in [5.74, 6) is 1.76. The monoisotopic (exact) mass is 782 g/mol. The Morgan fingerprint density at radius 2 is 0.567 bits per heavy atom. The smallest absolute Gasteiger partial charge is 0.162 e. The van der Waals surface area contributed by atoms with E-state index >= 15 is 0 Å². The van der Waals surface area contributed by atoms with Crippen LogP contribution >= 0.6 is 0 Å². The standard InChI is InChI=1S/C52H46N8/c1(3-5-21-35-59-45-33-19-17-31-43(45)57-51(59)49-47(37-23-9-7-10-24-37)53-39-27-13-15-29-41(39)55-49)2-4-6-22-36-60-46-34-20-18-32-44(46)58-52(60)50-48(38-25-11-8-12-26-38)54-40-28-14-16-30-42(40)56-50/h7-20,23-34H,1-6,21-22,35-36H2. The maximum absolute atomic E-state index is 5.19. The summed E-state index contributed by atoms with van der Waals surface area (Å²) in [5.41, 5.74) is 13.2. The van der Waals surface area contributed by atoms with Crippen LogP contribution < -0.4 is 0 Å². The molecule has 0 unspecified atom stereocenters. The number of nitrogens with zero attached hydrogens (tertiary/aromatic N) is 8. The van der Waals surface area contributed by atoms with Crippen LogP contribution in [0.4, 0.5) is 0 Å². The molecule has 10 aromatic rings. The number of para-hydroxylation sites is 8. The summed E-state index contributed by atoms with van der Waals surface area (Å²) >= 11 is 0. The van der Waals surface area contributed by atoms with Gasteiger partial charge in [0, 0.05) is 24.2 Å². The van der Waals surface area contributed by atoms with Crippen molar-refractivity contribution < 1.29 is 0 Å². The molecule has 0 aliphatic rings. The SMILES string of the molecule is c1ccc(-c2nc3ccccc3nc2-c2nc3ccccc3n2CCCCCCCCCCn2c(-c3nc4ccccc4nc3-c3ccccc3)nc3ccccc32)cc1. The van der Waals surface area contributed by atoms with Crippen molar-refractivity contribution in [3.63, 3.8) is 0 Å². The number of rotatable bonds is 15. The molecule has 0 aliphatic heterocycles. The van der Waals surface area contributed by atoms with E-state index in [9.17, 15) is 0 Å². The minimum absolute atomic E-state index is 0.828. The lowest BCUT2D eigenvalue weighted by atomic mass is 10.1. The first kappa shape index (κ1) is 37.2. The van der Waals surface area contributed by atoms with Crippen LogP contribution in [0.2, 0.25) is 0 Å². The van der Waals surface area contributed by atoms with Crippen LogP contribution in [0.5, 0.6) is 0 Å². The Morgan fingerprint density at radius 3 is 0.950 bits per heavy atom. The molecule has 0 bridgehead atoms. The van der Waals surface area contributed by atoms with Crippen molar-refractivity contribution in [2.45, 2.75) is 64.5 Å². The number of hydrogen-bond donors (Lipinski definition) is 0. The maximum Gasteiger partial charge on any atom is 0.162 e. The van der Waals surface area contributed by atoms with Gasteiger partial charge in [0.1, 0.15) is 22.8 Å². The number of fused-ring (bicyclic) bond motifs is 4. The van der Waals surface area contributed by atoms with Crippen LogP contribution in [-0.4, -0.2) is 39.0 Å². The van der Waals surface area contributed by atoms with Gasteiger partial charge in [0.2, 0.25) is 0 Å². The summed E-state index contributed by atoms with van der Waals surface area (Å²) in [6.45, 7) is 1.76. The number of aryl methyl sites for hydroxylation is 2. The van der Waals surface area contributed by atoms with E-state index in [1.54, 1.807) is 0 Å². The second-order valence-corrected chi connectivity index (χ2v) is 15.5. The number of unbranched alkanes of at least 4 members (excludes halogenated alkanes) is 7. The highest BCUT2D eigenvalue weighted by molar-refractivity contribution is 5.89. The summed E-state index contributed by atoms with van der Waals surface area (Å²) in [6.07, 6.45) is 9.39. The topological polar surface area (TPSA) is 87.2 Å². The second-order valence-electron chi connectivity index (χ2n) is 15.5. The van der Waals surface area contributed by atoms with Gasteiger partial charge in [-0.25, -0.2) is 29.9 Å². The molecule has 60 heavy (non-hydrogen) atoms. The van der Waals surface area contributed by atoms with Gasteiger partial charge >= 0.3 is 0 Å². The highest BCUT2D eigenvalue weighted by Gasteiger charge is 2.22. The van der Waals surface area contributed by atoms with Gasteiger partial charge < -0.3 is 9.13 Å². The van der Waals surface area contributed by atoms with Crippen molar-refractivity contribution in [3.8, 4) is 45.6 Å². The van der Waals surface area contributed by atoms with E-state index in [1.165, 1.54) is 38.5 Å². The van der Waals surface area contributed by atoms with Gasteiger partial charge in [-0.1, -0.05) is 148 Å². The van der Waals surface area contributed by atoms with E-state index in [4.69, 9.17) is 29.9 Å². The second kappa shape index (κ2) is 17.0. The quantitative estimate of drug-likeness (QED) is 0.0963. The molecular formula is C52H46N8. The van der Waals surface area contributed by atoms with Crippen LogP contribution in [0.25, 0.3) is 89.7 Å². The van der Waals surface area contributed by atoms with Gasteiger partial charge in [-0.05, 0) is 61.4 Å². The molecule has 6 aromatic carbocycles. The average molecular weight is 783 g/mol. The number of benzene rings is 6. The van der Waals surface area contributed by atoms with E-state index in [0.717, 1.165) is 116 Å². The van der Waals surface area contributed by atoms with Crippen LogP contribution in [0.3, 0.4) is 0 Å². The molecule has 0 N–H and O–H groups in total. The van der Waals surface area contributed by atoms with Gasteiger partial charge in [-0.3, -0.25) is 0 Å². The molecule has 4 heterocycles. The molecule has 0 radical (unpaired) electrons. The summed E-state index contributed by atoms with van der Waals surface area (Å²) in [4.78, 5) is 31.0. The van der Waals surface area contributed by atoms with Crippen LogP contribution in [0, 0.1) is 0 Å². The van der Waals surface area contributed by atoms with Gasteiger partial charge in [0.05, 0.1) is 44.1 Å². The predicted octanol–water partition coefficient (Wildman–Crippen LogP) is 12.8. The molecule has 0 amide bonds. The maximum atomic E-state index is 5.19. The molecular weight excluding hydrogens is 737 g/mol. The van der Waals surface area contributed by atoms with E-state index in [0.29, 0.717) is 0 Å². The van der Waals surface area contributed by atoms with E-state index in [-0.39, 0.29) is 0 Å². The largest absolute Gasteiger partial charge is 0.323 e. The van der Waals surface area contributed by atoms with Crippen molar-refractivity contribution in [2.75, 3.05) is 0 Å². The van der Waals surface area contributed by atoms with Gasteiger partial charge in [0.15, 0.2) is 11.6 Å². The molecule has 10 rings (SSSR count). The van der Waals surface area contributed by atoms with Crippen LogP contribution in [0.1, 0.15) is 51.4 Å². The minimum Gasteiger partial charge on any atom is -0.323 e. The molecule has 8 nitrogen and oxygen atoms in total. The fourth-order valence-corrected chi connectivity index (χ4v) is 8.47. The third-order valence-corrected chi connectivity index (χ3v) is 11.5. The van der Waals surface area contributed by atoms with Crippen molar-refractivity contribution in [3.05, 3.63) is 158 Å². The highest BCUT2D eigenvalue weighted by atomic mass is 15.1. The first-order chi connectivity index (χ1) is 29.8. The van der Waals surface area contributed by atoms with Crippen LogP contribution in [-0.2, 0) is 13.1 Å². The third kappa shape index (κ3) is 7.52. The molecule has 0 saturated heterocycles. The number of aromatic nitrogens is 8. The zero-order valence-electron chi connectivity index (χ0n) is 33.7.